The van der Waals surface area contributed by atoms with Crippen LogP contribution in [-0.4, -0.2) is 50.4 Å². The smallest absolute Gasteiger partial charge is 0.264 e. The largest absolute Gasteiger partial charge is 0.390 e. The Hall–Kier alpha value is -3.58. The van der Waals surface area contributed by atoms with Crippen LogP contribution < -0.4 is 5.73 Å². The number of rotatable bonds is 4. The Kier molecular flexibility index (Phi) is 6.06. The fourth-order valence-electron chi connectivity index (χ4n) is 5.56. The second-order valence-corrected chi connectivity index (χ2v) is 11.8. The quantitative estimate of drug-likeness (QED) is 0.383. The standard InChI is InChI=1S/C29H28FN5O2S/c1-29(37)12-22(13-29)35-15-20-9-18(6-7-25(20)33-35)27-23(17-4-5-19(14-31)24(30)10-17)11-26(38-27)28(36)34-8-2-3-21(32)16-34/h4-7,9-11,15,21-22,37H,2-3,8,12-13,16,32H2,1H3/t21-,22?,29?/m1/s1. The van der Waals surface area contributed by atoms with Gasteiger partial charge in [-0.1, -0.05) is 12.1 Å². The summed E-state index contributed by atoms with van der Waals surface area (Å²) in [6.45, 7) is 3.03. The monoisotopic (exact) mass is 529 g/mol. The first kappa shape index (κ1) is 24.7. The molecule has 2 aromatic carbocycles. The van der Waals surface area contributed by atoms with E-state index in [1.54, 1.807) is 11.0 Å². The van der Waals surface area contributed by atoms with Gasteiger partial charge in [-0.05, 0) is 74.1 Å². The molecule has 2 aliphatic rings. The number of hydrogen-bond acceptors (Lipinski definition) is 6. The van der Waals surface area contributed by atoms with Gasteiger partial charge in [0.15, 0.2) is 0 Å². The van der Waals surface area contributed by atoms with Crippen molar-refractivity contribution < 1.29 is 14.3 Å². The maximum Gasteiger partial charge on any atom is 0.264 e. The number of aliphatic hydroxyl groups is 1. The van der Waals surface area contributed by atoms with Gasteiger partial charge in [-0.3, -0.25) is 9.48 Å². The van der Waals surface area contributed by atoms with Crippen molar-refractivity contribution in [1.82, 2.24) is 14.7 Å². The highest BCUT2D eigenvalue weighted by Gasteiger charge is 2.40. The molecule has 2 fully saturated rings. The van der Waals surface area contributed by atoms with Crippen LogP contribution in [0.5, 0.6) is 0 Å². The number of nitrogens with two attached hydrogens (primary N) is 1. The highest BCUT2D eigenvalue weighted by molar-refractivity contribution is 7.18. The van der Waals surface area contributed by atoms with Gasteiger partial charge in [-0.15, -0.1) is 11.3 Å². The molecule has 9 heteroatoms. The number of carbonyl (C=O) groups excluding carboxylic acids is 1. The van der Waals surface area contributed by atoms with Crippen LogP contribution >= 0.6 is 11.3 Å². The SMILES string of the molecule is CC1(O)CC(n2cc3cc(-c4sc(C(=O)N5CCC[C@@H](N)C5)cc4-c4ccc(C#N)c(F)c4)ccc3n2)C1. The number of benzene rings is 2. The summed E-state index contributed by atoms with van der Waals surface area (Å²) in [5, 5.41) is 25.0. The molecule has 4 aromatic rings. The van der Waals surface area contributed by atoms with E-state index < -0.39 is 11.4 Å². The van der Waals surface area contributed by atoms with Gasteiger partial charge in [-0.2, -0.15) is 10.4 Å². The van der Waals surface area contributed by atoms with Crippen molar-refractivity contribution in [2.75, 3.05) is 13.1 Å². The summed E-state index contributed by atoms with van der Waals surface area (Å²) in [5.74, 6) is -0.664. The first-order valence-electron chi connectivity index (χ1n) is 12.8. The first-order chi connectivity index (χ1) is 18.2. The molecule has 2 aromatic heterocycles. The third-order valence-electron chi connectivity index (χ3n) is 7.60. The fraction of sp³-hybridized carbons (Fsp3) is 0.345. The van der Waals surface area contributed by atoms with E-state index in [0.717, 1.165) is 39.7 Å². The summed E-state index contributed by atoms with van der Waals surface area (Å²) < 4.78 is 16.5. The summed E-state index contributed by atoms with van der Waals surface area (Å²) in [5.41, 5.74) is 8.56. The van der Waals surface area contributed by atoms with Gasteiger partial charge < -0.3 is 15.7 Å². The minimum Gasteiger partial charge on any atom is -0.390 e. The van der Waals surface area contributed by atoms with Gasteiger partial charge in [-0.25, -0.2) is 4.39 Å². The van der Waals surface area contributed by atoms with Crippen molar-refractivity contribution in [1.29, 1.82) is 5.26 Å². The zero-order valence-corrected chi connectivity index (χ0v) is 21.8. The topological polar surface area (TPSA) is 108 Å². The van der Waals surface area contributed by atoms with E-state index in [1.165, 1.54) is 23.5 Å². The number of halogens is 1. The number of likely N-dealkylation sites (tertiary alicyclic amines) is 1. The molecular formula is C29H28FN5O2S. The number of piperidine rings is 1. The van der Waals surface area contributed by atoms with Crippen molar-refractivity contribution in [3.05, 3.63) is 64.9 Å². The van der Waals surface area contributed by atoms with Gasteiger partial charge in [0.2, 0.25) is 0 Å². The molecule has 6 rings (SSSR count). The van der Waals surface area contributed by atoms with Crippen LogP contribution in [0, 0.1) is 17.1 Å². The van der Waals surface area contributed by atoms with E-state index in [9.17, 15) is 19.6 Å². The molecule has 1 saturated carbocycles. The van der Waals surface area contributed by atoms with Crippen LogP contribution in [0.4, 0.5) is 4.39 Å². The zero-order chi connectivity index (χ0) is 26.6. The highest BCUT2D eigenvalue weighted by Crippen LogP contribution is 2.43. The van der Waals surface area contributed by atoms with E-state index in [-0.39, 0.29) is 23.6 Å². The van der Waals surface area contributed by atoms with Crippen LogP contribution in [0.15, 0.2) is 48.7 Å². The summed E-state index contributed by atoms with van der Waals surface area (Å²) in [7, 11) is 0. The Labute approximate surface area is 223 Å². The van der Waals surface area contributed by atoms with Crippen LogP contribution in [0.25, 0.3) is 32.5 Å². The molecule has 1 aliphatic carbocycles. The number of aromatic nitrogens is 2. The number of nitriles is 1. The summed E-state index contributed by atoms with van der Waals surface area (Å²) in [6, 6.07) is 14.3. The van der Waals surface area contributed by atoms with E-state index in [2.05, 4.69) is 0 Å². The molecular weight excluding hydrogens is 501 g/mol. The lowest BCUT2D eigenvalue weighted by Crippen LogP contribution is -2.45. The van der Waals surface area contributed by atoms with Gasteiger partial charge in [0.25, 0.3) is 5.91 Å². The lowest BCUT2D eigenvalue weighted by Gasteiger charge is -2.40. The molecule has 3 N–H and O–H groups in total. The second-order valence-electron chi connectivity index (χ2n) is 10.8. The first-order valence-corrected chi connectivity index (χ1v) is 13.6. The van der Waals surface area contributed by atoms with Crippen LogP contribution in [0.2, 0.25) is 0 Å². The van der Waals surface area contributed by atoms with Crippen LogP contribution in [0.3, 0.4) is 0 Å². The van der Waals surface area contributed by atoms with Crippen LogP contribution in [-0.2, 0) is 0 Å². The molecule has 0 bridgehead atoms. The number of carbonyl (C=O) groups is 1. The Morgan fingerprint density at radius 3 is 2.74 bits per heavy atom. The maximum absolute atomic E-state index is 14.6. The van der Waals surface area contributed by atoms with Crippen molar-refractivity contribution in [3.63, 3.8) is 0 Å². The van der Waals surface area contributed by atoms with E-state index in [1.807, 2.05) is 48.1 Å². The molecule has 38 heavy (non-hydrogen) atoms. The van der Waals surface area contributed by atoms with Crippen molar-refractivity contribution in [2.45, 2.75) is 50.3 Å². The Balaban J connectivity index is 1.41. The molecule has 0 spiro atoms. The normalized spacial score (nSPS) is 23.3. The van der Waals surface area contributed by atoms with Crippen LogP contribution in [0.1, 0.15) is 53.9 Å². The molecule has 0 unspecified atom stereocenters. The molecule has 7 nitrogen and oxygen atoms in total. The maximum atomic E-state index is 14.6. The predicted molar refractivity (Wildman–Crippen MR) is 145 cm³/mol. The molecule has 0 radical (unpaired) electrons. The third-order valence-corrected chi connectivity index (χ3v) is 8.77. The molecule has 1 amide bonds. The number of thiophene rings is 1. The van der Waals surface area contributed by atoms with E-state index in [0.29, 0.717) is 36.4 Å². The predicted octanol–water partition coefficient (Wildman–Crippen LogP) is 5.09. The average molecular weight is 530 g/mol. The summed E-state index contributed by atoms with van der Waals surface area (Å²) in [6.07, 6.45) is 5.10. The van der Waals surface area contributed by atoms with E-state index in [4.69, 9.17) is 10.8 Å². The van der Waals surface area contributed by atoms with E-state index >= 15 is 0 Å². The minimum absolute atomic E-state index is 0.0204. The molecule has 194 valence electrons. The number of fused-ring (bicyclic) bond motifs is 1. The molecule has 3 heterocycles. The fourth-order valence-corrected chi connectivity index (χ4v) is 6.71. The highest BCUT2D eigenvalue weighted by atomic mass is 32.1. The Bertz CT molecular complexity index is 1590. The lowest BCUT2D eigenvalue weighted by molar-refractivity contribution is -0.0541. The Morgan fingerprint density at radius 1 is 1.24 bits per heavy atom. The van der Waals surface area contributed by atoms with Crippen molar-refractivity contribution in [3.8, 4) is 27.6 Å². The number of nitrogens with zero attached hydrogens (tertiary/aromatic N) is 4. The molecule has 1 saturated heterocycles. The van der Waals surface area contributed by atoms with Gasteiger partial charge in [0.1, 0.15) is 11.9 Å². The number of amides is 1. The summed E-state index contributed by atoms with van der Waals surface area (Å²) >= 11 is 1.38. The summed E-state index contributed by atoms with van der Waals surface area (Å²) in [4.78, 5) is 16.7. The van der Waals surface area contributed by atoms with Gasteiger partial charge in [0.05, 0.1) is 27.6 Å². The zero-order valence-electron chi connectivity index (χ0n) is 21.0. The average Bonchev–Trinajstić information content (AvgIpc) is 3.51. The molecule has 1 atom stereocenters. The lowest BCUT2D eigenvalue weighted by atomic mass is 9.77. The molecule has 1 aliphatic heterocycles. The van der Waals surface area contributed by atoms with Gasteiger partial charge in [0, 0.05) is 41.2 Å². The van der Waals surface area contributed by atoms with Gasteiger partial charge >= 0.3 is 0 Å². The minimum atomic E-state index is -0.641. The van der Waals surface area contributed by atoms with Crippen molar-refractivity contribution >= 4 is 28.1 Å². The number of hydrogen-bond donors (Lipinski definition) is 2. The van der Waals surface area contributed by atoms with Crippen molar-refractivity contribution in [2.24, 2.45) is 5.73 Å². The second kappa shape index (κ2) is 9.31. The Morgan fingerprint density at radius 2 is 2.03 bits per heavy atom. The third kappa shape index (κ3) is 4.49.